The van der Waals surface area contributed by atoms with Gasteiger partial charge in [-0.2, -0.15) is 5.26 Å². The van der Waals surface area contributed by atoms with Crippen molar-refractivity contribution >= 4 is 27.6 Å². The summed E-state index contributed by atoms with van der Waals surface area (Å²) in [6.45, 7) is 1.74. The Kier molecular flexibility index (Phi) is 4.17. The van der Waals surface area contributed by atoms with Gasteiger partial charge in [0.05, 0.1) is 21.6 Å². The number of esters is 1. The molecule has 1 aromatic carbocycles. The van der Waals surface area contributed by atoms with Gasteiger partial charge in [-0.15, -0.1) is 0 Å². The summed E-state index contributed by atoms with van der Waals surface area (Å²) in [5.74, 6) is -0.750. The first-order chi connectivity index (χ1) is 8.02. The minimum Gasteiger partial charge on any atom is -0.462 e. The van der Waals surface area contributed by atoms with Gasteiger partial charge in [0.2, 0.25) is 0 Å². The Morgan fingerprint density at radius 2 is 2.29 bits per heavy atom. The fraction of sp³-hybridized carbons (Fsp3) is 0.200. The van der Waals surface area contributed by atoms with Crippen LogP contribution in [0.4, 0.5) is 5.69 Å². The maximum atomic E-state index is 11.5. The third-order valence-corrected chi connectivity index (χ3v) is 2.56. The molecular weight excluding hydrogens is 292 g/mol. The second-order valence-corrected chi connectivity index (χ2v) is 3.76. The van der Waals surface area contributed by atoms with E-state index in [4.69, 9.17) is 10.00 Å². The van der Waals surface area contributed by atoms with Gasteiger partial charge in [-0.25, -0.2) is 4.79 Å². The molecule has 0 saturated carbocycles. The third kappa shape index (κ3) is 2.60. The van der Waals surface area contributed by atoms with Gasteiger partial charge in [0.15, 0.2) is 0 Å². The van der Waals surface area contributed by atoms with Crippen LogP contribution in [0.15, 0.2) is 16.6 Å². The molecule has 1 rings (SSSR count). The Morgan fingerprint density at radius 1 is 1.65 bits per heavy atom. The van der Waals surface area contributed by atoms with Crippen molar-refractivity contribution in [2.75, 3.05) is 6.61 Å². The fourth-order valence-electron chi connectivity index (χ4n) is 1.24. The van der Waals surface area contributed by atoms with E-state index in [1.165, 1.54) is 12.1 Å². The lowest BCUT2D eigenvalue weighted by Gasteiger charge is -2.05. The molecule has 17 heavy (non-hydrogen) atoms. The smallest absolute Gasteiger partial charge is 0.339 e. The number of carbonyl (C=O) groups excluding carboxylic acids is 1. The van der Waals surface area contributed by atoms with E-state index in [9.17, 15) is 14.9 Å². The van der Waals surface area contributed by atoms with Crippen LogP contribution < -0.4 is 0 Å². The number of ether oxygens (including phenoxy) is 1. The predicted octanol–water partition coefficient (Wildman–Crippen LogP) is 2.41. The van der Waals surface area contributed by atoms with E-state index in [-0.39, 0.29) is 22.2 Å². The van der Waals surface area contributed by atoms with Gasteiger partial charge in [-0.3, -0.25) is 10.1 Å². The lowest BCUT2D eigenvalue weighted by molar-refractivity contribution is -0.386. The number of nitriles is 1. The molecule has 0 fully saturated rings. The molecule has 6 nitrogen and oxygen atoms in total. The standard InChI is InChI=1S/C10H7BrN2O4/c1-2-17-10(14)6-3-4-8(11)9(13(15)16)7(6)5-12/h3-4H,2H2,1H3. The maximum Gasteiger partial charge on any atom is 0.339 e. The second-order valence-electron chi connectivity index (χ2n) is 2.91. The normalized spacial score (nSPS) is 9.47. The van der Waals surface area contributed by atoms with Crippen LogP contribution in [-0.2, 0) is 4.74 Å². The molecule has 0 heterocycles. The van der Waals surface area contributed by atoms with E-state index in [2.05, 4.69) is 15.9 Å². The largest absolute Gasteiger partial charge is 0.462 e. The van der Waals surface area contributed by atoms with Crippen molar-refractivity contribution in [3.05, 3.63) is 37.8 Å². The number of nitro groups is 1. The molecule has 0 aliphatic rings. The molecule has 0 N–H and O–H groups in total. The minimum absolute atomic E-state index is 0.107. The lowest BCUT2D eigenvalue weighted by Crippen LogP contribution is -2.09. The third-order valence-electron chi connectivity index (χ3n) is 1.92. The molecule has 0 bridgehead atoms. The molecule has 0 aromatic heterocycles. The van der Waals surface area contributed by atoms with E-state index in [1.807, 2.05) is 0 Å². The van der Waals surface area contributed by atoms with Crippen molar-refractivity contribution in [1.29, 1.82) is 5.26 Å². The van der Waals surface area contributed by atoms with Gasteiger partial charge < -0.3 is 4.74 Å². The highest BCUT2D eigenvalue weighted by molar-refractivity contribution is 9.10. The fourth-order valence-corrected chi connectivity index (χ4v) is 1.71. The van der Waals surface area contributed by atoms with Crippen molar-refractivity contribution in [3.8, 4) is 6.07 Å². The Balaban J connectivity index is 3.45. The highest BCUT2D eigenvalue weighted by atomic mass is 79.9. The zero-order valence-electron chi connectivity index (χ0n) is 8.77. The Labute approximate surface area is 105 Å². The number of hydrogen-bond acceptors (Lipinski definition) is 5. The highest BCUT2D eigenvalue weighted by Crippen LogP contribution is 2.31. The molecule has 0 unspecified atom stereocenters. The number of carbonyl (C=O) groups is 1. The van der Waals surface area contributed by atoms with Gasteiger partial charge in [-0.1, -0.05) is 0 Å². The molecule has 0 amide bonds. The van der Waals surface area contributed by atoms with E-state index < -0.39 is 16.6 Å². The van der Waals surface area contributed by atoms with Gasteiger partial charge in [0, 0.05) is 0 Å². The van der Waals surface area contributed by atoms with Crippen LogP contribution in [0.25, 0.3) is 0 Å². The summed E-state index contributed by atoms with van der Waals surface area (Å²) in [6.07, 6.45) is 0. The number of hydrogen-bond donors (Lipinski definition) is 0. The number of nitro benzene ring substituents is 1. The monoisotopic (exact) mass is 298 g/mol. The predicted molar refractivity (Wildman–Crippen MR) is 61.5 cm³/mol. The van der Waals surface area contributed by atoms with Crippen molar-refractivity contribution < 1.29 is 14.5 Å². The zero-order valence-corrected chi connectivity index (χ0v) is 10.4. The van der Waals surface area contributed by atoms with Crippen LogP contribution in [0.2, 0.25) is 0 Å². The number of benzene rings is 1. The van der Waals surface area contributed by atoms with Gasteiger partial charge in [-0.05, 0) is 35.0 Å². The first-order valence-corrected chi connectivity index (χ1v) is 5.36. The molecule has 0 atom stereocenters. The molecule has 1 aromatic rings. The maximum absolute atomic E-state index is 11.5. The zero-order chi connectivity index (χ0) is 13.0. The van der Waals surface area contributed by atoms with Gasteiger partial charge >= 0.3 is 11.7 Å². The second kappa shape index (κ2) is 5.41. The molecule has 0 saturated heterocycles. The average Bonchev–Trinajstić information content (AvgIpc) is 2.27. The van der Waals surface area contributed by atoms with Crippen LogP contribution in [0.3, 0.4) is 0 Å². The van der Waals surface area contributed by atoms with E-state index in [0.717, 1.165) is 0 Å². The summed E-state index contributed by atoms with van der Waals surface area (Å²) in [7, 11) is 0. The summed E-state index contributed by atoms with van der Waals surface area (Å²) in [4.78, 5) is 21.6. The molecule has 7 heteroatoms. The van der Waals surface area contributed by atoms with E-state index in [1.54, 1.807) is 13.0 Å². The Bertz CT molecular complexity index is 522. The Hall–Kier alpha value is -1.94. The SMILES string of the molecule is CCOC(=O)c1ccc(Br)c([N+](=O)[O-])c1C#N. The van der Waals surface area contributed by atoms with Crippen molar-refractivity contribution in [2.45, 2.75) is 6.92 Å². The van der Waals surface area contributed by atoms with Crippen molar-refractivity contribution in [3.63, 3.8) is 0 Å². The molecule has 0 aliphatic heterocycles. The summed E-state index contributed by atoms with van der Waals surface area (Å²) in [5, 5.41) is 19.7. The number of nitrogens with zero attached hydrogens (tertiary/aromatic N) is 2. The lowest BCUT2D eigenvalue weighted by atomic mass is 10.1. The topological polar surface area (TPSA) is 93.2 Å². The Morgan fingerprint density at radius 3 is 2.76 bits per heavy atom. The summed E-state index contributed by atoms with van der Waals surface area (Å²) >= 11 is 2.97. The molecular formula is C10H7BrN2O4. The van der Waals surface area contributed by atoms with Crippen LogP contribution in [-0.4, -0.2) is 17.5 Å². The first kappa shape index (κ1) is 13.1. The van der Waals surface area contributed by atoms with Crippen LogP contribution in [0.1, 0.15) is 22.8 Å². The molecule has 88 valence electrons. The highest BCUT2D eigenvalue weighted by Gasteiger charge is 2.25. The van der Waals surface area contributed by atoms with Crippen molar-refractivity contribution in [2.24, 2.45) is 0 Å². The van der Waals surface area contributed by atoms with E-state index >= 15 is 0 Å². The molecule has 0 spiro atoms. The molecule has 0 radical (unpaired) electrons. The summed E-state index contributed by atoms with van der Waals surface area (Å²) in [5.41, 5.74) is -0.842. The number of rotatable bonds is 3. The number of halogens is 1. The summed E-state index contributed by atoms with van der Waals surface area (Å²) in [6, 6.07) is 4.30. The molecule has 0 aliphatic carbocycles. The van der Waals surface area contributed by atoms with Crippen LogP contribution in [0, 0.1) is 21.4 Å². The van der Waals surface area contributed by atoms with Crippen LogP contribution >= 0.6 is 15.9 Å². The quantitative estimate of drug-likeness (QED) is 0.485. The van der Waals surface area contributed by atoms with Gasteiger partial charge in [0.25, 0.3) is 0 Å². The van der Waals surface area contributed by atoms with E-state index in [0.29, 0.717) is 0 Å². The first-order valence-electron chi connectivity index (χ1n) is 4.57. The average molecular weight is 299 g/mol. The summed E-state index contributed by atoms with van der Waals surface area (Å²) < 4.78 is 4.86. The van der Waals surface area contributed by atoms with Gasteiger partial charge in [0.1, 0.15) is 11.6 Å². The minimum atomic E-state index is -0.750. The van der Waals surface area contributed by atoms with Crippen LogP contribution in [0.5, 0.6) is 0 Å². The van der Waals surface area contributed by atoms with Crippen molar-refractivity contribution in [1.82, 2.24) is 0 Å².